The maximum Gasteiger partial charge on any atom is 0.357 e. The predicted molar refractivity (Wildman–Crippen MR) is 84.2 cm³/mol. The van der Waals surface area contributed by atoms with Crippen LogP contribution in [0.25, 0.3) is 11.1 Å². The van der Waals surface area contributed by atoms with Gasteiger partial charge in [0.1, 0.15) is 5.52 Å². The van der Waals surface area contributed by atoms with E-state index < -0.39 is 12.1 Å². The fourth-order valence-electron chi connectivity index (χ4n) is 2.12. The first kappa shape index (κ1) is 15.0. The van der Waals surface area contributed by atoms with Gasteiger partial charge in [-0.3, -0.25) is 0 Å². The summed E-state index contributed by atoms with van der Waals surface area (Å²) in [6.07, 6.45) is -0.622. The van der Waals surface area contributed by atoms with Crippen molar-refractivity contribution in [3.63, 3.8) is 0 Å². The molecule has 7 heteroatoms. The number of hydrogen-bond acceptors (Lipinski definition) is 7. The second-order valence-electron chi connectivity index (χ2n) is 5.04. The van der Waals surface area contributed by atoms with Crippen molar-refractivity contribution < 1.29 is 13.9 Å². The van der Waals surface area contributed by atoms with Gasteiger partial charge < -0.3 is 14.5 Å². The zero-order chi connectivity index (χ0) is 16.4. The summed E-state index contributed by atoms with van der Waals surface area (Å²) in [6, 6.07) is 8.95. The zero-order valence-corrected chi connectivity index (χ0v) is 13.0. The second-order valence-corrected chi connectivity index (χ2v) is 5.04. The van der Waals surface area contributed by atoms with Crippen LogP contribution in [0.15, 0.2) is 34.7 Å². The molecule has 0 aliphatic rings. The third-order valence-electron chi connectivity index (χ3n) is 3.23. The Kier molecular flexibility index (Phi) is 3.92. The average Bonchev–Trinajstić information content (AvgIpc) is 2.98. The van der Waals surface area contributed by atoms with Crippen LogP contribution < -0.4 is 5.32 Å². The summed E-state index contributed by atoms with van der Waals surface area (Å²) in [6.45, 7) is 3.49. The number of nitrogens with one attached hydrogen (secondary N) is 1. The quantitative estimate of drug-likeness (QED) is 0.741. The van der Waals surface area contributed by atoms with Crippen molar-refractivity contribution in [1.29, 1.82) is 0 Å². The molecule has 0 saturated heterocycles. The number of aromatic nitrogens is 3. The van der Waals surface area contributed by atoms with Crippen LogP contribution in [0.5, 0.6) is 0 Å². The number of fused-ring (bicyclic) bond motifs is 1. The zero-order valence-electron chi connectivity index (χ0n) is 13.0. The lowest BCUT2D eigenvalue weighted by Crippen LogP contribution is -2.13. The summed E-state index contributed by atoms with van der Waals surface area (Å²) in [5.41, 5.74) is 2.23. The van der Waals surface area contributed by atoms with E-state index in [1.54, 1.807) is 27.0 Å². The number of esters is 1. The van der Waals surface area contributed by atoms with Gasteiger partial charge in [0.05, 0.1) is 0 Å². The number of anilines is 1. The molecule has 1 aromatic carbocycles. The number of benzene rings is 1. The minimum absolute atomic E-state index is 0.185. The summed E-state index contributed by atoms with van der Waals surface area (Å²) in [5, 5.41) is 2.80. The first-order valence-electron chi connectivity index (χ1n) is 7.16. The number of carbonyl (C=O) groups excluding carboxylic acids is 1. The standard InChI is InChI=1S/C16H16N4O3/c1-9-8-12(20-16(17-3)18-9)15(21)22-10(2)14-19-11-6-4-5-7-13(11)23-14/h4-8,10H,1-3H3,(H,17,18,20)/t10-/m0/s1. The summed E-state index contributed by atoms with van der Waals surface area (Å²) in [4.78, 5) is 24.8. The highest BCUT2D eigenvalue weighted by atomic mass is 16.6. The Morgan fingerprint density at radius 1 is 1.26 bits per heavy atom. The van der Waals surface area contributed by atoms with Crippen LogP contribution >= 0.6 is 0 Å². The van der Waals surface area contributed by atoms with E-state index >= 15 is 0 Å². The van der Waals surface area contributed by atoms with Crippen molar-refractivity contribution in [2.45, 2.75) is 20.0 Å². The molecule has 0 fully saturated rings. The van der Waals surface area contributed by atoms with Crippen molar-refractivity contribution in [2.24, 2.45) is 0 Å². The number of ether oxygens (including phenoxy) is 1. The third kappa shape index (κ3) is 3.13. The van der Waals surface area contributed by atoms with Crippen molar-refractivity contribution in [3.05, 3.63) is 47.6 Å². The third-order valence-corrected chi connectivity index (χ3v) is 3.23. The van der Waals surface area contributed by atoms with Crippen molar-refractivity contribution in [2.75, 3.05) is 12.4 Å². The van der Waals surface area contributed by atoms with Crippen molar-refractivity contribution in [3.8, 4) is 0 Å². The van der Waals surface area contributed by atoms with Gasteiger partial charge in [0.15, 0.2) is 17.4 Å². The highest BCUT2D eigenvalue weighted by Gasteiger charge is 2.20. The van der Waals surface area contributed by atoms with Crippen LogP contribution in [0.2, 0.25) is 0 Å². The number of hydrogen-bond donors (Lipinski definition) is 1. The van der Waals surface area contributed by atoms with Gasteiger partial charge in [-0.1, -0.05) is 12.1 Å². The normalized spacial score (nSPS) is 12.1. The Morgan fingerprint density at radius 2 is 2.04 bits per heavy atom. The van der Waals surface area contributed by atoms with Gasteiger partial charge in [0.25, 0.3) is 0 Å². The molecule has 0 spiro atoms. The van der Waals surface area contributed by atoms with E-state index in [1.807, 2.05) is 24.3 Å². The molecule has 0 aliphatic carbocycles. The molecule has 0 radical (unpaired) electrons. The highest BCUT2D eigenvalue weighted by Crippen LogP contribution is 2.23. The lowest BCUT2D eigenvalue weighted by Gasteiger charge is -2.10. The minimum atomic E-state index is -0.622. The molecule has 118 valence electrons. The van der Waals surface area contributed by atoms with Gasteiger partial charge in [-0.15, -0.1) is 0 Å². The molecule has 0 bridgehead atoms. The summed E-state index contributed by atoms with van der Waals surface area (Å²) in [5.74, 6) is 0.160. The molecule has 0 saturated carbocycles. The van der Waals surface area contributed by atoms with Gasteiger partial charge in [0, 0.05) is 12.7 Å². The molecule has 3 aromatic rings. The molecule has 0 amide bonds. The summed E-state index contributed by atoms with van der Waals surface area (Å²) < 4.78 is 11.0. The predicted octanol–water partition coefficient (Wildman–Crippen LogP) is 2.89. The number of oxazole rings is 1. The second kappa shape index (κ2) is 6.04. The molecule has 2 heterocycles. The lowest BCUT2D eigenvalue weighted by atomic mass is 10.3. The number of carbonyl (C=O) groups is 1. The minimum Gasteiger partial charge on any atom is -0.448 e. The van der Waals surface area contributed by atoms with Gasteiger partial charge in [-0.05, 0) is 32.0 Å². The van der Waals surface area contributed by atoms with Gasteiger partial charge in [-0.25, -0.2) is 19.7 Å². The molecule has 0 unspecified atom stereocenters. The van der Waals surface area contributed by atoms with Crippen molar-refractivity contribution >= 4 is 23.0 Å². The maximum absolute atomic E-state index is 12.3. The van der Waals surface area contributed by atoms with E-state index in [0.717, 1.165) is 5.52 Å². The molecule has 3 rings (SSSR count). The molecular formula is C16H16N4O3. The molecule has 1 atom stereocenters. The Morgan fingerprint density at radius 3 is 2.78 bits per heavy atom. The van der Waals surface area contributed by atoms with E-state index in [1.165, 1.54) is 0 Å². The fraction of sp³-hybridized carbons (Fsp3) is 0.250. The van der Waals surface area contributed by atoms with Gasteiger partial charge in [-0.2, -0.15) is 0 Å². The summed E-state index contributed by atoms with van der Waals surface area (Å²) in [7, 11) is 1.69. The first-order valence-corrected chi connectivity index (χ1v) is 7.16. The molecule has 0 aliphatic heterocycles. The van der Waals surface area contributed by atoms with Crippen LogP contribution in [-0.2, 0) is 4.74 Å². The number of nitrogens with zero attached hydrogens (tertiary/aromatic N) is 3. The van der Waals surface area contributed by atoms with Crippen LogP contribution in [-0.4, -0.2) is 28.0 Å². The number of aryl methyl sites for hydroxylation is 1. The highest BCUT2D eigenvalue weighted by molar-refractivity contribution is 5.87. The Hall–Kier alpha value is -2.96. The Balaban J connectivity index is 1.80. The smallest absolute Gasteiger partial charge is 0.357 e. The SMILES string of the molecule is CNc1nc(C)cc(C(=O)O[C@@H](C)c2nc3ccccc3o2)n1. The fourth-order valence-corrected chi connectivity index (χ4v) is 2.12. The van der Waals surface area contributed by atoms with Crippen LogP contribution in [0.1, 0.15) is 35.1 Å². The molecular weight excluding hydrogens is 296 g/mol. The lowest BCUT2D eigenvalue weighted by molar-refractivity contribution is 0.0275. The Bertz CT molecular complexity index is 826. The van der Waals surface area contributed by atoms with E-state index in [-0.39, 0.29) is 5.69 Å². The Labute approximate surface area is 132 Å². The topological polar surface area (TPSA) is 90.1 Å². The average molecular weight is 312 g/mol. The monoisotopic (exact) mass is 312 g/mol. The van der Waals surface area contributed by atoms with E-state index in [9.17, 15) is 4.79 Å². The van der Waals surface area contributed by atoms with Crippen LogP contribution in [0, 0.1) is 6.92 Å². The molecule has 1 N–H and O–H groups in total. The molecule has 2 aromatic heterocycles. The maximum atomic E-state index is 12.3. The number of rotatable bonds is 4. The molecule has 7 nitrogen and oxygen atoms in total. The number of para-hydroxylation sites is 2. The van der Waals surface area contributed by atoms with Gasteiger partial charge >= 0.3 is 5.97 Å². The van der Waals surface area contributed by atoms with E-state index in [4.69, 9.17) is 9.15 Å². The van der Waals surface area contributed by atoms with Crippen LogP contribution in [0.4, 0.5) is 5.95 Å². The summed E-state index contributed by atoms with van der Waals surface area (Å²) >= 11 is 0. The molecule has 23 heavy (non-hydrogen) atoms. The van der Waals surface area contributed by atoms with E-state index in [0.29, 0.717) is 23.1 Å². The first-order chi connectivity index (χ1) is 11.1. The van der Waals surface area contributed by atoms with Crippen molar-refractivity contribution in [1.82, 2.24) is 15.0 Å². The van der Waals surface area contributed by atoms with Gasteiger partial charge in [0.2, 0.25) is 11.8 Å². The van der Waals surface area contributed by atoms with E-state index in [2.05, 4.69) is 20.3 Å². The van der Waals surface area contributed by atoms with Crippen LogP contribution in [0.3, 0.4) is 0 Å². The largest absolute Gasteiger partial charge is 0.448 e.